The largest absolute Gasteiger partial charge is 0.355 e. The minimum atomic E-state index is -0.203. The van der Waals surface area contributed by atoms with Crippen molar-refractivity contribution in [3.8, 4) is 0 Å². The highest BCUT2D eigenvalue weighted by Crippen LogP contribution is 2.11. The molecule has 0 aromatic rings. The lowest BCUT2D eigenvalue weighted by Gasteiger charge is -2.31. The molecule has 14 heavy (non-hydrogen) atoms. The molecule has 1 aliphatic rings. The summed E-state index contributed by atoms with van der Waals surface area (Å²) in [4.78, 5) is 13.7. The van der Waals surface area contributed by atoms with Gasteiger partial charge in [-0.1, -0.05) is 6.08 Å². The van der Waals surface area contributed by atoms with E-state index in [0.717, 1.165) is 19.5 Å². The standard InChI is InChI=1S/C10H19N3O/c1-3-6-13-8(2)4-5-12-10(14)9(13)7-11/h3,8-9H,1,4-7,11H2,2H3,(H,12,14). The Balaban J connectivity index is 2.78. The second kappa shape index (κ2) is 5.12. The van der Waals surface area contributed by atoms with Crippen molar-refractivity contribution < 1.29 is 4.79 Å². The smallest absolute Gasteiger partial charge is 0.238 e. The van der Waals surface area contributed by atoms with Gasteiger partial charge in [0.05, 0.1) is 0 Å². The minimum absolute atomic E-state index is 0.0405. The third kappa shape index (κ3) is 2.33. The van der Waals surface area contributed by atoms with Crippen LogP contribution in [0.25, 0.3) is 0 Å². The molecule has 0 bridgehead atoms. The number of amides is 1. The zero-order valence-corrected chi connectivity index (χ0v) is 8.70. The summed E-state index contributed by atoms with van der Waals surface area (Å²) in [6.45, 7) is 7.64. The van der Waals surface area contributed by atoms with Gasteiger partial charge < -0.3 is 11.1 Å². The van der Waals surface area contributed by atoms with E-state index >= 15 is 0 Å². The highest BCUT2D eigenvalue weighted by atomic mass is 16.2. The summed E-state index contributed by atoms with van der Waals surface area (Å²) >= 11 is 0. The summed E-state index contributed by atoms with van der Waals surface area (Å²) < 4.78 is 0. The molecule has 0 aromatic heterocycles. The molecule has 3 N–H and O–H groups in total. The Morgan fingerprint density at radius 3 is 3.07 bits per heavy atom. The van der Waals surface area contributed by atoms with Crippen LogP contribution in [0, 0.1) is 0 Å². The van der Waals surface area contributed by atoms with Crippen LogP contribution in [-0.2, 0) is 4.79 Å². The first-order chi connectivity index (χ1) is 6.70. The van der Waals surface area contributed by atoms with Gasteiger partial charge in [0.1, 0.15) is 6.04 Å². The second-order valence-corrected chi connectivity index (χ2v) is 3.67. The lowest BCUT2D eigenvalue weighted by Crippen LogP contribution is -2.51. The number of nitrogens with zero attached hydrogens (tertiary/aromatic N) is 1. The summed E-state index contributed by atoms with van der Waals surface area (Å²) in [5.74, 6) is 0.0405. The van der Waals surface area contributed by atoms with Crippen LogP contribution in [0.2, 0.25) is 0 Å². The van der Waals surface area contributed by atoms with Gasteiger partial charge in [-0.25, -0.2) is 0 Å². The van der Waals surface area contributed by atoms with E-state index in [0.29, 0.717) is 12.6 Å². The summed E-state index contributed by atoms with van der Waals surface area (Å²) in [5.41, 5.74) is 5.61. The van der Waals surface area contributed by atoms with Crippen molar-refractivity contribution in [3.63, 3.8) is 0 Å². The van der Waals surface area contributed by atoms with E-state index in [-0.39, 0.29) is 11.9 Å². The van der Waals surface area contributed by atoms with Gasteiger partial charge in [-0.3, -0.25) is 9.69 Å². The summed E-state index contributed by atoms with van der Waals surface area (Å²) in [5, 5.41) is 2.87. The Kier molecular flexibility index (Phi) is 4.10. The van der Waals surface area contributed by atoms with Crippen LogP contribution in [0.3, 0.4) is 0 Å². The van der Waals surface area contributed by atoms with E-state index in [9.17, 15) is 4.79 Å². The number of carbonyl (C=O) groups excluding carboxylic acids is 1. The number of nitrogens with one attached hydrogen (secondary N) is 1. The van der Waals surface area contributed by atoms with Crippen LogP contribution in [-0.4, -0.2) is 42.5 Å². The van der Waals surface area contributed by atoms with Crippen molar-refractivity contribution in [2.45, 2.75) is 25.4 Å². The molecule has 1 aliphatic heterocycles. The van der Waals surface area contributed by atoms with Gasteiger partial charge in [-0.2, -0.15) is 0 Å². The Labute approximate surface area is 85.1 Å². The lowest BCUT2D eigenvalue weighted by molar-refractivity contribution is -0.125. The van der Waals surface area contributed by atoms with E-state index in [4.69, 9.17) is 5.73 Å². The first kappa shape index (κ1) is 11.2. The highest BCUT2D eigenvalue weighted by molar-refractivity contribution is 5.82. The number of hydrogen-bond acceptors (Lipinski definition) is 3. The second-order valence-electron chi connectivity index (χ2n) is 3.67. The van der Waals surface area contributed by atoms with Gasteiger partial charge in [0.25, 0.3) is 0 Å². The molecule has 0 radical (unpaired) electrons. The van der Waals surface area contributed by atoms with Gasteiger partial charge in [0.15, 0.2) is 0 Å². The summed E-state index contributed by atoms with van der Waals surface area (Å²) in [6, 6.07) is 0.172. The molecule has 1 heterocycles. The summed E-state index contributed by atoms with van der Waals surface area (Å²) in [7, 11) is 0. The van der Waals surface area contributed by atoms with Crippen LogP contribution in [0.5, 0.6) is 0 Å². The third-order valence-electron chi connectivity index (χ3n) is 2.69. The number of nitrogens with two attached hydrogens (primary N) is 1. The van der Waals surface area contributed by atoms with E-state index < -0.39 is 0 Å². The fourth-order valence-corrected chi connectivity index (χ4v) is 1.84. The summed E-state index contributed by atoms with van der Waals surface area (Å²) in [6.07, 6.45) is 2.79. The Morgan fingerprint density at radius 1 is 1.79 bits per heavy atom. The molecule has 4 nitrogen and oxygen atoms in total. The minimum Gasteiger partial charge on any atom is -0.355 e. The molecular formula is C10H19N3O. The molecule has 1 amide bonds. The monoisotopic (exact) mass is 197 g/mol. The van der Waals surface area contributed by atoms with E-state index in [2.05, 4.69) is 23.7 Å². The maximum Gasteiger partial charge on any atom is 0.238 e. The predicted octanol–water partition coefficient (Wildman–Crippen LogP) is -0.290. The third-order valence-corrected chi connectivity index (χ3v) is 2.69. The molecule has 1 saturated heterocycles. The van der Waals surface area contributed by atoms with Crippen LogP contribution in [0.4, 0.5) is 0 Å². The van der Waals surface area contributed by atoms with Crippen LogP contribution < -0.4 is 11.1 Å². The molecule has 1 fully saturated rings. The number of carbonyl (C=O) groups is 1. The van der Waals surface area contributed by atoms with E-state index in [1.54, 1.807) is 0 Å². The molecule has 0 aromatic carbocycles. The van der Waals surface area contributed by atoms with E-state index in [1.807, 2.05) is 6.08 Å². The van der Waals surface area contributed by atoms with Crippen LogP contribution >= 0.6 is 0 Å². The van der Waals surface area contributed by atoms with Crippen molar-refractivity contribution in [2.75, 3.05) is 19.6 Å². The van der Waals surface area contributed by atoms with E-state index in [1.165, 1.54) is 0 Å². The quantitative estimate of drug-likeness (QED) is 0.611. The van der Waals surface area contributed by atoms with Gasteiger partial charge >= 0.3 is 0 Å². The molecule has 80 valence electrons. The average molecular weight is 197 g/mol. The predicted molar refractivity (Wildman–Crippen MR) is 56.8 cm³/mol. The molecule has 4 heteroatoms. The number of hydrogen-bond donors (Lipinski definition) is 2. The lowest BCUT2D eigenvalue weighted by atomic mass is 10.1. The fraction of sp³-hybridized carbons (Fsp3) is 0.700. The maximum absolute atomic E-state index is 11.6. The Hall–Kier alpha value is -0.870. The highest BCUT2D eigenvalue weighted by Gasteiger charge is 2.29. The number of rotatable bonds is 3. The van der Waals surface area contributed by atoms with Gasteiger partial charge in [0.2, 0.25) is 5.91 Å². The van der Waals surface area contributed by atoms with Crippen molar-refractivity contribution in [1.82, 2.24) is 10.2 Å². The molecule has 0 spiro atoms. The van der Waals surface area contributed by atoms with Crippen LogP contribution in [0.15, 0.2) is 12.7 Å². The van der Waals surface area contributed by atoms with Crippen molar-refractivity contribution >= 4 is 5.91 Å². The van der Waals surface area contributed by atoms with Crippen molar-refractivity contribution in [3.05, 3.63) is 12.7 Å². The molecule has 2 atom stereocenters. The zero-order chi connectivity index (χ0) is 10.6. The molecule has 2 unspecified atom stereocenters. The average Bonchev–Trinajstić information content (AvgIpc) is 2.28. The molecule has 0 aliphatic carbocycles. The fourth-order valence-electron chi connectivity index (χ4n) is 1.84. The first-order valence-corrected chi connectivity index (χ1v) is 5.05. The Morgan fingerprint density at radius 2 is 2.50 bits per heavy atom. The Bertz CT molecular complexity index is 217. The van der Waals surface area contributed by atoms with Crippen LogP contribution in [0.1, 0.15) is 13.3 Å². The first-order valence-electron chi connectivity index (χ1n) is 5.05. The maximum atomic E-state index is 11.6. The SMILES string of the molecule is C=CCN1C(C)CCNC(=O)C1CN. The van der Waals surface area contributed by atoms with Crippen molar-refractivity contribution in [2.24, 2.45) is 5.73 Å². The van der Waals surface area contributed by atoms with Crippen molar-refractivity contribution in [1.29, 1.82) is 0 Å². The van der Waals surface area contributed by atoms with Gasteiger partial charge in [0, 0.05) is 25.7 Å². The molecular weight excluding hydrogens is 178 g/mol. The van der Waals surface area contributed by atoms with Gasteiger partial charge in [-0.15, -0.1) is 6.58 Å². The molecule has 0 saturated carbocycles. The molecule has 1 rings (SSSR count). The zero-order valence-electron chi connectivity index (χ0n) is 8.70. The van der Waals surface area contributed by atoms with Gasteiger partial charge in [-0.05, 0) is 13.3 Å². The topological polar surface area (TPSA) is 58.4 Å². The normalized spacial score (nSPS) is 29.4.